The van der Waals surface area contributed by atoms with Gasteiger partial charge in [-0.25, -0.2) is 19.6 Å². The lowest BCUT2D eigenvalue weighted by Gasteiger charge is -2.52. The van der Waals surface area contributed by atoms with Crippen LogP contribution in [0.4, 0.5) is 9.59 Å². The van der Waals surface area contributed by atoms with Gasteiger partial charge in [0.25, 0.3) is 0 Å². The third-order valence-corrected chi connectivity index (χ3v) is 10.2. The van der Waals surface area contributed by atoms with Gasteiger partial charge in [0.2, 0.25) is 0 Å². The number of pyridine rings is 1. The van der Waals surface area contributed by atoms with Crippen LogP contribution in [0.1, 0.15) is 69.6 Å². The number of methoxy groups -OCH3 is 1. The number of amides is 2. The van der Waals surface area contributed by atoms with Crippen molar-refractivity contribution in [3.63, 3.8) is 0 Å². The third-order valence-electron chi connectivity index (χ3n) is 8.18. The van der Waals surface area contributed by atoms with Crippen LogP contribution in [-0.4, -0.2) is 70.2 Å². The van der Waals surface area contributed by atoms with Crippen LogP contribution in [0.2, 0.25) is 0 Å². The SMILES string of the molecule is COc1c(C)cnc(Cn2nc3cc(-c4cncnc4)c4c-3c(n2)C(N(C(=O)O)C(=O)O)=NSC4(C(C)(C)C)C(C)(C)C)c1C. The number of hydrogen-bond donors (Lipinski definition) is 2. The molecule has 2 amide bonds. The normalized spacial score (nSPS) is 14.6. The number of ether oxygens (including phenoxy) is 1. The average molecular weight is 633 g/mol. The number of amidine groups is 1. The summed E-state index contributed by atoms with van der Waals surface area (Å²) in [6.45, 7) is 16.4. The molecule has 2 aliphatic heterocycles. The Morgan fingerprint density at radius 3 is 2.18 bits per heavy atom. The van der Waals surface area contributed by atoms with Gasteiger partial charge in [-0.15, -0.1) is 0 Å². The minimum atomic E-state index is -1.70. The van der Waals surface area contributed by atoms with Crippen molar-refractivity contribution in [2.45, 2.75) is 66.7 Å². The van der Waals surface area contributed by atoms with Crippen molar-refractivity contribution in [2.24, 2.45) is 15.2 Å². The van der Waals surface area contributed by atoms with Gasteiger partial charge in [0.15, 0.2) is 5.84 Å². The monoisotopic (exact) mass is 632 g/mol. The Labute approximate surface area is 265 Å². The highest BCUT2D eigenvalue weighted by atomic mass is 32.2. The Morgan fingerprint density at radius 1 is 1.00 bits per heavy atom. The van der Waals surface area contributed by atoms with E-state index in [1.807, 2.05) is 19.9 Å². The molecule has 0 unspecified atom stereocenters. The fourth-order valence-corrected chi connectivity index (χ4v) is 7.80. The smallest absolute Gasteiger partial charge is 0.422 e. The second kappa shape index (κ2) is 11.1. The van der Waals surface area contributed by atoms with Crippen LogP contribution in [0.3, 0.4) is 0 Å². The lowest BCUT2D eigenvalue weighted by molar-refractivity contribution is 0.142. The predicted octanol–water partition coefficient (Wildman–Crippen LogP) is 6.26. The van der Waals surface area contributed by atoms with Crippen molar-refractivity contribution < 1.29 is 24.5 Å². The zero-order chi connectivity index (χ0) is 33.1. The van der Waals surface area contributed by atoms with E-state index in [4.69, 9.17) is 19.3 Å². The molecule has 4 heterocycles. The Hall–Kier alpha value is -4.59. The highest BCUT2D eigenvalue weighted by Gasteiger charge is 2.58. The van der Waals surface area contributed by atoms with Crippen LogP contribution in [0, 0.1) is 24.7 Å². The summed E-state index contributed by atoms with van der Waals surface area (Å²) in [5.41, 5.74) is 4.66. The van der Waals surface area contributed by atoms with Gasteiger partial charge in [0.1, 0.15) is 24.3 Å². The Balaban J connectivity index is 1.93. The molecular weight excluding hydrogens is 596 g/mol. The molecule has 236 valence electrons. The first kappa shape index (κ1) is 31.8. The van der Waals surface area contributed by atoms with E-state index in [0.29, 0.717) is 22.7 Å². The Morgan fingerprint density at radius 2 is 1.62 bits per heavy atom. The van der Waals surface area contributed by atoms with E-state index >= 15 is 0 Å². The molecule has 2 N–H and O–H groups in total. The van der Waals surface area contributed by atoms with Crippen LogP contribution in [-0.2, 0) is 11.3 Å². The maximum Gasteiger partial charge on any atom is 0.422 e. The van der Waals surface area contributed by atoms with Gasteiger partial charge in [0, 0.05) is 40.8 Å². The van der Waals surface area contributed by atoms with E-state index in [-0.39, 0.29) is 23.0 Å². The molecule has 13 nitrogen and oxygen atoms in total. The zero-order valence-electron chi connectivity index (χ0n) is 26.7. The minimum absolute atomic E-state index is 0.0718. The molecule has 45 heavy (non-hydrogen) atoms. The number of aryl methyl sites for hydroxylation is 1. The van der Waals surface area contributed by atoms with Crippen molar-refractivity contribution in [3.05, 3.63) is 59.1 Å². The van der Waals surface area contributed by atoms with Gasteiger partial charge < -0.3 is 14.9 Å². The number of hydrogen-bond acceptors (Lipinski definition) is 10. The fourth-order valence-electron chi connectivity index (χ4n) is 6.56. The van der Waals surface area contributed by atoms with Gasteiger partial charge in [-0.2, -0.15) is 24.3 Å². The summed E-state index contributed by atoms with van der Waals surface area (Å²) in [6, 6.07) is 1.91. The number of imide groups is 1. The van der Waals surface area contributed by atoms with Crippen molar-refractivity contribution in [2.75, 3.05) is 7.11 Å². The van der Waals surface area contributed by atoms with Crippen LogP contribution in [0.15, 0.2) is 35.4 Å². The molecule has 1 aliphatic carbocycles. The molecule has 0 fully saturated rings. The van der Waals surface area contributed by atoms with E-state index in [2.05, 4.69) is 56.5 Å². The molecule has 0 saturated carbocycles. The van der Waals surface area contributed by atoms with Gasteiger partial charge in [-0.3, -0.25) is 4.98 Å². The quantitative estimate of drug-likeness (QED) is 0.243. The van der Waals surface area contributed by atoms with Gasteiger partial charge >= 0.3 is 12.2 Å². The second-order valence-corrected chi connectivity index (χ2v) is 14.0. The molecule has 0 spiro atoms. The molecular formula is C31H36N8O5S. The summed E-state index contributed by atoms with van der Waals surface area (Å²) in [7, 11) is 1.59. The summed E-state index contributed by atoms with van der Waals surface area (Å²) in [6.07, 6.45) is 3.15. The van der Waals surface area contributed by atoms with Crippen molar-refractivity contribution >= 4 is 30.0 Å². The van der Waals surface area contributed by atoms with Gasteiger partial charge in [0.05, 0.1) is 23.2 Å². The maximum absolute atomic E-state index is 12.5. The van der Waals surface area contributed by atoms with Crippen molar-refractivity contribution in [1.29, 1.82) is 0 Å². The first-order valence-corrected chi connectivity index (χ1v) is 15.0. The summed E-state index contributed by atoms with van der Waals surface area (Å²) >= 11 is 1.15. The summed E-state index contributed by atoms with van der Waals surface area (Å²) in [5.74, 6) is 0.355. The molecule has 0 saturated heterocycles. The molecule has 0 atom stereocenters. The van der Waals surface area contributed by atoms with E-state index < -0.39 is 27.8 Å². The largest absolute Gasteiger partial charge is 0.496 e. The van der Waals surface area contributed by atoms with Crippen molar-refractivity contribution in [3.8, 4) is 28.1 Å². The Kier molecular flexibility index (Phi) is 7.84. The number of aromatic nitrogens is 6. The zero-order valence-corrected chi connectivity index (χ0v) is 27.5. The maximum atomic E-state index is 12.5. The molecule has 3 aliphatic rings. The minimum Gasteiger partial charge on any atom is -0.496 e. The first-order valence-electron chi connectivity index (χ1n) is 14.2. The highest BCUT2D eigenvalue weighted by Crippen LogP contribution is 2.66. The molecule has 0 radical (unpaired) electrons. The molecule has 5 rings (SSSR count). The number of carboxylic acid groups (broad SMARTS) is 2. The van der Waals surface area contributed by atoms with Crippen LogP contribution in [0.5, 0.6) is 5.75 Å². The third kappa shape index (κ3) is 5.06. The predicted molar refractivity (Wildman–Crippen MR) is 170 cm³/mol. The molecule has 2 aromatic rings. The Bertz CT molecular complexity index is 1780. The van der Waals surface area contributed by atoms with E-state index in [0.717, 1.165) is 39.8 Å². The van der Waals surface area contributed by atoms with Gasteiger partial charge in [-0.1, -0.05) is 41.5 Å². The summed E-state index contributed by atoms with van der Waals surface area (Å²) in [5, 5.41) is 29.9. The average Bonchev–Trinajstić information content (AvgIpc) is 3.24. The van der Waals surface area contributed by atoms with Crippen LogP contribution in [0.25, 0.3) is 22.4 Å². The van der Waals surface area contributed by atoms with Crippen LogP contribution < -0.4 is 4.74 Å². The van der Waals surface area contributed by atoms with E-state index in [1.54, 1.807) is 25.7 Å². The second-order valence-electron chi connectivity index (χ2n) is 13.0. The fraction of sp³-hybridized carbons (Fsp3) is 0.419. The molecule has 2 aromatic heterocycles. The number of carbonyl (C=O) groups is 2. The first-order chi connectivity index (χ1) is 21.0. The van der Waals surface area contributed by atoms with E-state index in [9.17, 15) is 19.8 Å². The van der Waals surface area contributed by atoms with Crippen LogP contribution >= 0.6 is 11.9 Å². The lowest BCUT2D eigenvalue weighted by atomic mass is 9.61. The summed E-state index contributed by atoms with van der Waals surface area (Å²) < 4.78 is 9.48. The number of nitrogens with zero attached hydrogens (tertiary/aromatic N) is 8. The molecule has 0 bridgehead atoms. The van der Waals surface area contributed by atoms with E-state index in [1.165, 1.54) is 11.1 Å². The van der Waals surface area contributed by atoms with Gasteiger partial charge in [-0.05, 0) is 53.8 Å². The molecule has 14 heteroatoms. The highest BCUT2D eigenvalue weighted by molar-refractivity contribution is 7.99. The number of rotatable bonds is 4. The summed E-state index contributed by atoms with van der Waals surface area (Å²) in [4.78, 5) is 39.6. The molecule has 0 aromatic carbocycles. The standard InChI is InChI=1S/C31H36N8O5S/c1-16-11-34-21(17(2)25(16)44-9)14-38-35-20-10-19(18-12-32-15-33-13-18)23-22(20)24(36-38)26(39(27(40)41)28(42)43)37-45-31(23,29(3,4)5)30(6,7)8/h10-13,15H,14H2,1-9H3,(H,40,41)(H,42,43). The lowest BCUT2D eigenvalue weighted by Crippen LogP contribution is -2.47. The topological polar surface area (TPSA) is 169 Å². The van der Waals surface area contributed by atoms with Crippen molar-refractivity contribution in [1.82, 2.24) is 34.8 Å².